The molecule has 0 aliphatic carbocycles. The third-order valence-corrected chi connectivity index (χ3v) is 7.38. The summed E-state index contributed by atoms with van der Waals surface area (Å²) in [6, 6.07) is 6.08. The first-order valence-electron chi connectivity index (χ1n) is 9.84. The van der Waals surface area contributed by atoms with Crippen LogP contribution in [0.3, 0.4) is 0 Å². The maximum atomic E-state index is 12.7. The van der Waals surface area contributed by atoms with Crippen molar-refractivity contribution in [2.24, 2.45) is 0 Å². The Labute approximate surface area is 182 Å². The van der Waals surface area contributed by atoms with E-state index in [4.69, 9.17) is 4.74 Å². The number of benzene rings is 1. The van der Waals surface area contributed by atoms with Gasteiger partial charge in [0.05, 0.1) is 17.1 Å². The van der Waals surface area contributed by atoms with E-state index in [-0.39, 0.29) is 29.5 Å². The fraction of sp³-hybridized carbons (Fsp3) is 0.450. The molecule has 2 fully saturated rings. The van der Waals surface area contributed by atoms with Crippen LogP contribution < -0.4 is 4.74 Å². The number of alkyl halides is 3. The summed E-state index contributed by atoms with van der Waals surface area (Å²) in [6.45, 7) is 0.766. The van der Waals surface area contributed by atoms with Crippen LogP contribution in [0.4, 0.5) is 13.2 Å². The number of hydrogen-bond donors (Lipinski definition) is 1. The summed E-state index contributed by atoms with van der Waals surface area (Å²) in [6.07, 6.45) is -2.58. The highest BCUT2D eigenvalue weighted by Crippen LogP contribution is 2.34. The first-order chi connectivity index (χ1) is 15.0. The average Bonchev–Trinajstić information content (AvgIpc) is 2.72. The molecular formula is C20H20F3N3O5S. The number of piperidine rings is 1. The number of sulfone groups is 1. The molecule has 2 saturated heterocycles. The van der Waals surface area contributed by atoms with Crippen LogP contribution in [0.2, 0.25) is 0 Å². The van der Waals surface area contributed by atoms with Crippen molar-refractivity contribution in [1.82, 2.24) is 14.9 Å². The van der Waals surface area contributed by atoms with Gasteiger partial charge in [0.25, 0.3) is 5.91 Å². The van der Waals surface area contributed by atoms with Crippen LogP contribution in [0.15, 0.2) is 36.7 Å². The molecule has 32 heavy (non-hydrogen) atoms. The third kappa shape index (κ3) is 4.70. The molecule has 0 atom stereocenters. The molecule has 0 unspecified atom stereocenters. The van der Waals surface area contributed by atoms with Crippen molar-refractivity contribution in [2.75, 3.05) is 24.6 Å². The van der Waals surface area contributed by atoms with Gasteiger partial charge in [0.1, 0.15) is 11.7 Å². The van der Waals surface area contributed by atoms with E-state index in [0.717, 1.165) is 0 Å². The van der Waals surface area contributed by atoms with Crippen molar-refractivity contribution < 1.29 is 36.2 Å². The summed E-state index contributed by atoms with van der Waals surface area (Å²) in [5.41, 5.74) is -1.50. The van der Waals surface area contributed by atoms with Crippen molar-refractivity contribution in [3.8, 4) is 6.01 Å². The number of rotatable bonds is 4. The molecule has 1 N–H and O–H groups in total. The number of carbonyl (C=O) groups excluding carboxylic acids is 1. The molecule has 1 amide bonds. The predicted octanol–water partition coefficient (Wildman–Crippen LogP) is 1.79. The number of aliphatic hydroxyl groups is 1. The number of likely N-dealkylation sites (tertiary alicyclic amines) is 1. The lowest BCUT2D eigenvalue weighted by molar-refractivity contribution is -0.138. The van der Waals surface area contributed by atoms with Crippen LogP contribution in [0.5, 0.6) is 6.01 Å². The van der Waals surface area contributed by atoms with Crippen LogP contribution in [0.1, 0.15) is 34.3 Å². The number of halogens is 3. The summed E-state index contributed by atoms with van der Waals surface area (Å²) in [4.78, 5) is 21.6. The largest absolute Gasteiger partial charge is 0.460 e. The Morgan fingerprint density at radius 2 is 1.66 bits per heavy atom. The first kappa shape index (κ1) is 22.5. The van der Waals surface area contributed by atoms with Gasteiger partial charge in [0, 0.05) is 43.9 Å². The van der Waals surface area contributed by atoms with Crippen LogP contribution in [-0.4, -0.2) is 65.0 Å². The fourth-order valence-corrected chi connectivity index (χ4v) is 5.51. The molecule has 0 radical (unpaired) electrons. The number of nitrogens with zero attached hydrogens (tertiary/aromatic N) is 3. The molecule has 12 heteroatoms. The molecule has 4 rings (SSSR count). The van der Waals surface area contributed by atoms with Gasteiger partial charge in [-0.25, -0.2) is 18.4 Å². The smallest absolute Gasteiger partial charge is 0.419 e. The normalized spacial score (nSPS) is 20.4. The second-order valence-electron chi connectivity index (χ2n) is 8.00. The summed E-state index contributed by atoms with van der Waals surface area (Å²) in [7, 11) is -3.21. The molecule has 8 nitrogen and oxygen atoms in total. The van der Waals surface area contributed by atoms with Crippen molar-refractivity contribution in [2.45, 2.75) is 30.7 Å². The zero-order chi connectivity index (χ0) is 23.1. The van der Waals surface area contributed by atoms with E-state index in [9.17, 15) is 31.5 Å². The lowest BCUT2D eigenvalue weighted by Gasteiger charge is -2.36. The van der Waals surface area contributed by atoms with Gasteiger partial charge in [-0.3, -0.25) is 4.79 Å². The van der Waals surface area contributed by atoms with Crippen molar-refractivity contribution in [3.63, 3.8) is 0 Å². The minimum absolute atomic E-state index is 0.144. The maximum absolute atomic E-state index is 12.7. The Hall–Kier alpha value is -2.73. The fourth-order valence-electron chi connectivity index (χ4n) is 3.81. The highest BCUT2D eigenvalue weighted by molar-refractivity contribution is 7.92. The Kier molecular flexibility index (Phi) is 5.61. The molecule has 0 bridgehead atoms. The van der Waals surface area contributed by atoms with Gasteiger partial charge in [-0.15, -0.1) is 0 Å². The Morgan fingerprint density at radius 1 is 1.09 bits per heavy atom. The molecule has 1 aromatic heterocycles. The summed E-state index contributed by atoms with van der Waals surface area (Å²) in [5, 5.41) is 10.3. The summed E-state index contributed by atoms with van der Waals surface area (Å²) < 4.78 is 66.0. The van der Waals surface area contributed by atoms with E-state index in [0.29, 0.717) is 49.5 Å². The van der Waals surface area contributed by atoms with Crippen LogP contribution >= 0.6 is 0 Å². The SMILES string of the molecule is O=C(c1ccc(C2(O)CS(=O)(=O)C2)cc1)N1CCC(Oc2ncc(C(F)(F)F)cn2)CC1. The monoisotopic (exact) mass is 471 g/mol. The second-order valence-corrected chi connectivity index (χ2v) is 10.1. The van der Waals surface area contributed by atoms with E-state index < -0.39 is 27.2 Å². The summed E-state index contributed by atoms with van der Waals surface area (Å²) >= 11 is 0. The van der Waals surface area contributed by atoms with Gasteiger partial charge in [-0.2, -0.15) is 13.2 Å². The zero-order valence-electron chi connectivity index (χ0n) is 16.7. The van der Waals surface area contributed by atoms with Crippen molar-refractivity contribution >= 4 is 15.7 Å². The number of hydrogen-bond acceptors (Lipinski definition) is 7. The molecule has 2 aliphatic heterocycles. The van der Waals surface area contributed by atoms with Gasteiger partial charge < -0.3 is 14.7 Å². The molecule has 2 aliphatic rings. The first-order valence-corrected chi connectivity index (χ1v) is 11.7. The van der Waals surface area contributed by atoms with Crippen LogP contribution in [0.25, 0.3) is 0 Å². The molecule has 2 aromatic rings. The highest BCUT2D eigenvalue weighted by atomic mass is 32.2. The van der Waals surface area contributed by atoms with E-state index in [1.807, 2.05) is 0 Å². The van der Waals surface area contributed by atoms with E-state index in [1.54, 1.807) is 29.2 Å². The summed E-state index contributed by atoms with van der Waals surface area (Å²) in [5.74, 6) is -0.874. The zero-order valence-corrected chi connectivity index (χ0v) is 17.6. The quantitative estimate of drug-likeness (QED) is 0.724. The van der Waals surface area contributed by atoms with E-state index >= 15 is 0 Å². The maximum Gasteiger partial charge on any atom is 0.419 e. The standard InChI is InChI=1S/C20H20F3N3O5S/c21-20(22,23)15-9-24-18(25-10-15)31-16-5-7-26(8-6-16)17(27)13-1-3-14(4-2-13)19(28)11-32(29,30)12-19/h1-4,9-10,16,28H,5-8,11-12H2. The molecule has 3 heterocycles. The Bertz CT molecular complexity index is 1080. The van der Waals surface area contributed by atoms with E-state index in [1.165, 1.54) is 0 Å². The van der Waals surface area contributed by atoms with Gasteiger partial charge in [0.2, 0.25) is 0 Å². The minimum atomic E-state index is -4.52. The van der Waals surface area contributed by atoms with Gasteiger partial charge in [0.15, 0.2) is 9.84 Å². The van der Waals surface area contributed by atoms with Crippen molar-refractivity contribution in [1.29, 1.82) is 0 Å². The van der Waals surface area contributed by atoms with Gasteiger partial charge in [-0.05, 0) is 17.7 Å². The minimum Gasteiger partial charge on any atom is -0.460 e. The Balaban J connectivity index is 1.31. The average molecular weight is 471 g/mol. The number of ether oxygens (including phenoxy) is 1. The Morgan fingerprint density at radius 3 is 2.16 bits per heavy atom. The number of aromatic nitrogens is 2. The van der Waals surface area contributed by atoms with Crippen molar-refractivity contribution in [3.05, 3.63) is 53.3 Å². The lowest BCUT2D eigenvalue weighted by Crippen LogP contribution is -2.52. The predicted molar refractivity (Wildman–Crippen MR) is 106 cm³/mol. The third-order valence-electron chi connectivity index (χ3n) is 5.54. The van der Waals surface area contributed by atoms with Crippen LogP contribution in [0, 0.1) is 0 Å². The number of carbonyl (C=O) groups is 1. The highest BCUT2D eigenvalue weighted by Gasteiger charge is 2.48. The van der Waals surface area contributed by atoms with Gasteiger partial charge in [-0.1, -0.05) is 12.1 Å². The molecule has 0 saturated carbocycles. The second kappa shape index (κ2) is 8.00. The molecule has 0 spiro atoms. The van der Waals surface area contributed by atoms with E-state index in [2.05, 4.69) is 9.97 Å². The molecule has 172 valence electrons. The topological polar surface area (TPSA) is 110 Å². The van der Waals surface area contributed by atoms with Crippen LogP contribution in [-0.2, 0) is 21.6 Å². The molecular weight excluding hydrogens is 451 g/mol. The molecule has 1 aromatic carbocycles. The number of amides is 1. The lowest BCUT2D eigenvalue weighted by atomic mass is 9.95. The van der Waals surface area contributed by atoms with Gasteiger partial charge >= 0.3 is 12.2 Å².